The zero-order valence-corrected chi connectivity index (χ0v) is 13.2. The third kappa shape index (κ3) is 3.76. The molecule has 0 bridgehead atoms. The molecule has 24 heavy (non-hydrogen) atoms. The monoisotopic (exact) mass is 336 g/mol. The number of carbonyl (C=O) groups excluding carboxylic acids is 1. The third-order valence-electron chi connectivity index (χ3n) is 4.16. The first kappa shape index (κ1) is 16.5. The van der Waals surface area contributed by atoms with E-state index >= 15 is 0 Å². The van der Waals surface area contributed by atoms with Crippen LogP contribution in [0.5, 0.6) is 0 Å². The number of amides is 1. The normalized spacial score (nSPS) is 21.1. The standard InChI is InChI=1S/C16H18F2N4O2/c1-10-11(5-21-24-10)8-22-9-13(18)4-14(22)7-20-16(23)15-3-2-12(17)6-19-15/h2-3,5-6,13-14H,4,7-9H2,1H3,(H,20,23)/t13-,14-/m0/s1. The van der Waals surface area contributed by atoms with Crippen molar-refractivity contribution in [3.63, 3.8) is 0 Å². The van der Waals surface area contributed by atoms with Crippen molar-refractivity contribution in [1.29, 1.82) is 0 Å². The largest absolute Gasteiger partial charge is 0.361 e. The second-order valence-corrected chi connectivity index (χ2v) is 5.90. The number of rotatable bonds is 5. The van der Waals surface area contributed by atoms with Crippen molar-refractivity contribution in [3.8, 4) is 0 Å². The van der Waals surface area contributed by atoms with Gasteiger partial charge >= 0.3 is 0 Å². The second-order valence-electron chi connectivity index (χ2n) is 5.90. The number of pyridine rings is 1. The van der Waals surface area contributed by atoms with E-state index in [-0.39, 0.29) is 11.7 Å². The number of alkyl halides is 1. The molecule has 1 fully saturated rings. The number of nitrogens with zero attached hydrogens (tertiary/aromatic N) is 3. The number of nitrogens with one attached hydrogen (secondary N) is 1. The van der Waals surface area contributed by atoms with Gasteiger partial charge < -0.3 is 9.84 Å². The summed E-state index contributed by atoms with van der Waals surface area (Å²) in [6, 6.07) is 2.37. The smallest absolute Gasteiger partial charge is 0.269 e. The fourth-order valence-corrected chi connectivity index (χ4v) is 2.83. The fraction of sp³-hybridized carbons (Fsp3) is 0.438. The first-order chi connectivity index (χ1) is 11.5. The number of likely N-dealkylation sites (tertiary alicyclic amines) is 1. The van der Waals surface area contributed by atoms with Crippen molar-refractivity contribution < 1.29 is 18.1 Å². The highest BCUT2D eigenvalue weighted by Gasteiger charge is 2.32. The maximum absolute atomic E-state index is 13.8. The van der Waals surface area contributed by atoms with Crippen LogP contribution in [0.15, 0.2) is 29.0 Å². The Labute approximate surface area is 137 Å². The molecule has 0 spiro atoms. The number of carbonyl (C=O) groups is 1. The number of aryl methyl sites for hydroxylation is 1. The van der Waals surface area contributed by atoms with E-state index in [9.17, 15) is 13.6 Å². The Balaban J connectivity index is 1.59. The summed E-state index contributed by atoms with van der Waals surface area (Å²) in [5, 5.41) is 6.46. The molecule has 1 saturated heterocycles. The topological polar surface area (TPSA) is 71.3 Å². The van der Waals surface area contributed by atoms with Crippen molar-refractivity contribution in [2.24, 2.45) is 0 Å². The molecule has 0 radical (unpaired) electrons. The van der Waals surface area contributed by atoms with E-state index in [2.05, 4.69) is 15.5 Å². The maximum Gasteiger partial charge on any atom is 0.269 e. The molecule has 0 unspecified atom stereocenters. The van der Waals surface area contributed by atoms with Crippen molar-refractivity contribution in [1.82, 2.24) is 20.4 Å². The Morgan fingerprint density at radius 3 is 2.96 bits per heavy atom. The molecule has 0 saturated carbocycles. The van der Waals surface area contributed by atoms with Gasteiger partial charge in [0.1, 0.15) is 23.4 Å². The molecule has 0 aromatic carbocycles. The van der Waals surface area contributed by atoms with Gasteiger partial charge in [0.15, 0.2) is 0 Å². The van der Waals surface area contributed by atoms with Gasteiger partial charge in [-0.05, 0) is 25.5 Å². The highest BCUT2D eigenvalue weighted by Crippen LogP contribution is 2.23. The maximum atomic E-state index is 13.8. The van der Waals surface area contributed by atoms with Crippen molar-refractivity contribution >= 4 is 5.91 Å². The summed E-state index contributed by atoms with van der Waals surface area (Å²) in [5.41, 5.74) is 1.04. The van der Waals surface area contributed by atoms with Crippen LogP contribution in [0.4, 0.5) is 8.78 Å². The van der Waals surface area contributed by atoms with Crippen LogP contribution in [0.25, 0.3) is 0 Å². The number of hydrogen-bond donors (Lipinski definition) is 1. The molecule has 1 amide bonds. The van der Waals surface area contributed by atoms with Crippen LogP contribution in [0.3, 0.4) is 0 Å². The Morgan fingerprint density at radius 1 is 1.46 bits per heavy atom. The molecule has 1 aliphatic rings. The lowest BCUT2D eigenvalue weighted by Gasteiger charge is -2.23. The fourth-order valence-electron chi connectivity index (χ4n) is 2.83. The molecule has 6 nitrogen and oxygen atoms in total. The van der Waals surface area contributed by atoms with Gasteiger partial charge in [-0.1, -0.05) is 5.16 Å². The average Bonchev–Trinajstić information content (AvgIpc) is 3.12. The van der Waals surface area contributed by atoms with E-state index in [1.165, 1.54) is 12.1 Å². The van der Waals surface area contributed by atoms with Crippen LogP contribution < -0.4 is 5.32 Å². The lowest BCUT2D eigenvalue weighted by Crippen LogP contribution is -2.40. The predicted octanol–water partition coefficient (Wildman–Crippen LogP) is 1.86. The van der Waals surface area contributed by atoms with Crippen molar-refractivity contribution in [2.75, 3.05) is 13.1 Å². The summed E-state index contributed by atoms with van der Waals surface area (Å²) < 4.78 is 31.7. The van der Waals surface area contributed by atoms with Gasteiger partial charge in [-0.3, -0.25) is 9.69 Å². The minimum Gasteiger partial charge on any atom is -0.361 e. The molecule has 2 aromatic heterocycles. The van der Waals surface area contributed by atoms with Crippen LogP contribution in [0.1, 0.15) is 28.2 Å². The van der Waals surface area contributed by atoms with Gasteiger partial charge in [0.2, 0.25) is 0 Å². The molecule has 3 rings (SSSR count). The summed E-state index contributed by atoms with van der Waals surface area (Å²) >= 11 is 0. The minimum absolute atomic E-state index is 0.126. The van der Waals surface area contributed by atoms with Crippen molar-refractivity contribution in [3.05, 3.63) is 47.4 Å². The highest BCUT2D eigenvalue weighted by atomic mass is 19.1. The van der Waals surface area contributed by atoms with Gasteiger partial charge in [-0.25, -0.2) is 13.8 Å². The Bertz CT molecular complexity index is 704. The zero-order chi connectivity index (χ0) is 17.1. The van der Waals surface area contributed by atoms with Gasteiger partial charge in [0.05, 0.1) is 12.4 Å². The molecule has 8 heteroatoms. The van der Waals surface area contributed by atoms with Crippen LogP contribution in [0.2, 0.25) is 0 Å². The number of hydrogen-bond acceptors (Lipinski definition) is 5. The summed E-state index contributed by atoms with van der Waals surface area (Å²) in [6.45, 7) is 2.93. The Morgan fingerprint density at radius 2 is 2.29 bits per heavy atom. The SMILES string of the molecule is Cc1oncc1CN1C[C@@H](F)C[C@H]1CNC(=O)c1ccc(F)cn1. The lowest BCUT2D eigenvalue weighted by atomic mass is 10.2. The third-order valence-corrected chi connectivity index (χ3v) is 4.16. The van der Waals surface area contributed by atoms with Crippen LogP contribution in [-0.2, 0) is 6.54 Å². The van der Waals surface area contributed by atoms with Crippen LogP contribution in [-0.4, -0.2) is 46.3 Å². The minimum atomic E-state index is -0.934. The molecule has 1 N–H and O–H groups in total. The van der Waals surface area contributed by atoms with Gasteiger partial charge in [-0.15, -0.1) is 0 Å². The van der Waals surface area contributed by atoms with Gasteiger partial charge in [0, 0.05) is 31.2 Å². The average molecular weight is 336 g/mol. The quantitative estimate of drug-likeness (QED) is 0.902. The molecular weight excluding hydrogens is 318 g/mol. The zero-order valence-electron chi connectivity index (χ0n) is 13.2. The molecule has 2 atom stereocenters. The summed E-state index contributed by atoms with van der Waals surface area (Å²) in [5.74, 6) is -0.202. The molecule has 3 heterocycles. The van der Waals surface area contributed by atoms with E-state index in [0.717, 1.165) is 11.8 Å². The van der Waals surface area contributed by atoms with Crippen molar-refractivity contribution in [2.45, 2.75) is 32.1 Å². The number of halogens is 2. The second kappa shape index (κ2) is 7.04. The Kier molecular flexibility index (Phi) is 4.84. The highest BCUT2D eigenvalue weighted by molar-refractivity contribution is 5.92. The van der Waals surface area contributed by atoms with E-state index < -0.39 is 17.9 Å². The summed E-state index contributed by atoms with van der Waals surface area (Å²) in [6.07, 6.45) is 2.03. The van der Waals surface area contributed by atoms with Crippen LogP contribution >= 0.6 is 0 Å². The van der Waals surface area contributed by atoms with E-state index in [4.69, 9.17) is 4.52 Å². The summed E-state index contributed by atoms with van der Waals surface area (Å²) in [4.78, 5) is 17.7. The molecule has 0 aliphatic carbocycles. The lowest BCUT2D eigenvalue weighted by molar-refractivity contribution is 0.0934. The molecule has 1 aliphatic heterocycles. The van der Waals surface area contributed by atoms with E-state index in [0.29, 0.717) is 31.8 Å². The first-order valence-corrected chi connectivity index (χ1v) is 7.71. The predicted molar refractivity (Wildman–Crippen MR) is 81.5 cm³/mol. The van der Waals surface area contributed by atoms with Crippen LogP contribution in [0, 0.1) is 12.7 Å². The van der Waals surface area contributed by atoms with E-state index in [1.807, 2.05) is 11.8 Å². The van der Waals surface area contributed by atoms with Gasteiger partial charge in [-0.2, -0.15) is 0 Å². The Hall–Kier alpha value is -2.35. The molecular formula is C16H18F2N4O2. The first-order valence-electron chi connectivity index (χ1n) is 7.71. The molecule has 2 aromatic rings. The molecule has 128 valence electrons. The summed E-state index contributed by atoms with van der Waals surface area (Å²) in [7, 11) is 0. The van der Waals surface area contributed by atoms with Gasteiger partial charge in [0.25, 0.3) is 5.91 Å². The van der Waals surface area contributed by atoms with E-state index in [1.54, 1.807) is 6.20 Å². The number of aromatic nitrogens is 2.